The number of carbonyl (C=O) groups excluding carboxylic acids is 1. The molecular formula is C10H10BrNO. The molecule has 3 heteroatoms. The first kappa shape index (κ1) is 9.99. The van der Waals surface area contributed by atoms with E-state index in [1.165, 1.54) is 0 Å². The average Bonchev–Trinajstić information content (AvgIpc) is 2.04. The monoisotopic (exact) mass is 239 g/mol. The van der Waals surface area contributed by atoms with E-state index in [0.29, 0.717) is 12.0 Å². The maximum absolute atomic E-state index is 11.0. The number of rotatable bonds is 3. The van der Waals surface area contributed by atoms with E-state index in [4.69, 9.17) is 5.73 Å². The number of halogens is 1. The number of hydrogen-bond acceptors (Lipinski definition) is 1. The van der Waals surface area contributed by atoms with Crippen molar-refractivity contribution in [3.63, 3.8) is 0 Å². The van der Waals surface area contributed by atoms with Gasteiger partial charge in [0, 0.05) is 10.0 Å². The van der Waals surface area contributed by atoms with E-state index in [1.54, 1.807) is 18.2 Å². The topological polar surface area (TPSA) is 43.1 Å². The zero-order valence-corrected chi connectivity index (χ0v) is 8.67. The van der Waals surface area contributed by atoms with Gasteiger partial charge in [0.05, 0.1) is 0 Å². The van der Waals surface area contributed by atoms with E-state index in [0.717, 1.165) is 10.0 Å². The van der Waals surface area contributed by atoms with Gasteiger partial charge in [-0.1, -0.05) is 22.0 Å². The number of hydrogen-bond donors (Lipinski definition) is 1. The van der Waals surface area contributed by atoms with E-state index in [9.17, 15) is 4.79 Å². The summed E-state index contributed by atoms with van der Waals surface area (Å²) in [5.41, 5.74) is 6.66. The summed E-state index contributed by atoms with van der Waals surface area (Å²) < 4.78 is 0.939. The van der Waals surface area contributed by atoms with Gasteiger partial charge in [-0.3, -0.25) is 4.79 Å². The van der Waals surface area contributed by atoms with Crippen molar-refractivity contribution in [1.82, 2.24) is 0 Å². The van der Waals surface area contributed by atoms with Gasteiger partial charge in [0.25, 0.3) is 0 Å². The van der Waals surface area contributed by atoms with Gasteiger partial charge in [0.15, 0.2) is 0 Å². The van der Waals surface area contributed by atoms with Gasteiger partial charge in [0.2, 0.25) is 5.91 Å². The van der Waals surface area contributed by atoms with Crippen molar-refractivity contribution < 1.29 is 4.79 Å². The van der Waals surface area contributed by atoms with Crippen LogP contribution in [0.3, 0.4) is 0 Å². The highest BCUT2D eigenvalue weighted by atomic mass is 79.9. The Balaban J connectivity index is 3.17. The van der Waals surface area contributed by atoms with Gasteiger partial charge in [0.1, 0.15) is 0 Å². The van der Waals surface area contributed by atoms with Gasteiger partial charge in [-0.15, -0.1) is 6.58 Å². The van der Waals surface area contributed by atoms with Crippen molar-refractivity contribution in [3.05, 3.63) is 46.5 Å². The summed E-state index contributed by atoms with van der Waals surface area (Å²) in [4.78, 5) is 11.0. The van der Waals surface area contributed by atoms with Gasteiger partial charge in [-0.25, -0.2) is 0 Å². The second kappa shape index (κ2) is 4.23. The van der Waals surface area contributed by atoms with Gasteiger partial charge < -0.3 is 5.73 Å². The van der Waals surface area contributed by atoms with Gasteiger partial charge in [-0.05, 0) is 30.2 Å². The van der Waals surface area contributed by atoms with Crippen molar-refractivity contribution in [3.8, 4) is 0 Å². The Labute approximate surface area is 85.6 Å². The van der Waals surface area contributed by atoms with Crippen molar-refractivity contribution in [2.75, 3.05) is 0 Å². The minimum Gasteiger partial charge on any atom is -0.366 e. The predicted molar refractivity (Wildman–Crippen MR) is 56.6 cm³/mol. The van der Waals surface area contributed by atoms with Crippen LogP contribution in [0.5, 0.6) is 0 Å². The summed E-state index contributed by atoms with van der Waals surface area (Å²) in [5.74, 6) is -0.399. The fourth-order valence-electron chi connectivity index (χ4n) is 1.13. The summed E-state index contributed by atoms with van der Waals surface area (Å²) in [6.07, 6.45) is 2.39. The van der Waals surface area contributed by atoms with Crippen LogP contribution >= 0.6 is 15.9 Å². The SMILES string of the molecule is C=CCc1cc(Br)ccc1C(N)=O. The first-order chi connectivity index (χ1) is 6.15. The standard InChI is InChI=1S/C10H10BrNO/c1-2-3-7-6-8(11)4-5-9(7)10(12)13/h2,4-6H,1,3H2,(H2,12,13). The normalized spacial score (nSPS) is 9.62. The minimum atomic E-state index is -0.399. The van der Waals surface area contributed by atoms with E-state index in [1.807, 2.05) is 6.07 Å². The molecule has 0 aliphatic carbocycles. The molecule has 0 fully saturated rings. The Kier molecular flexibility index (Phi) is 3.25. The largest absolute Gasteiger partial charge is 0.366 e. The molecule has 0 saturated heterocycles. The maximum atomic E-state index is 11.0. The third-order valence-corrected chi connectivity index (χ3v) is 2.19. The highest BCUT2D eigenvalue weighted by Gasteiger charge is 2.06. The maximum Gasteiger partial charge on any atom is 0.248 e. The molecule has 0 unspecified atom stereocenters. The number of carbonyl (C=O) groups is 1. The Morgan fingerprint density at radius 2 is 2.31 bits per heavy atom. The first-order valence-corrected chi connectivity index (χ1v) is 4.63. The molecule has 1 rings (SSSR count). The molecule has 68 valence electrons. The van der Waals surface area contributed by atoms with Crippen molar-refractivity contribution >= 4 is 21.8 Å². The quantitative estimate of drug-likeness (QED) is 0.809. The lowest BCUT2D eigenvalue weighted by atomic mass is 10.0. The number of amides is 1. The molecule has 0 bridgehead atoms. The first-order valence-electron chi connectivity index (χ1n) is 3.84. The van der Waals surface area contributed by atoms with Gasteiger partial charge in [-0.2, -0.15) is 0 Å². The summed E-state index contributed by atoms with van der Waals surface area (Å²) in [6.45, 7) is 3.62. The molecule has 1 amide bonds. The van der Waals surface area contributed by atoms with Crippen LogP contribution in [0, 0.1) is 0 Å². The Hall–Kier alpha value is -1.09. The van der Waals surface area contributed by atoms with Crippen molar-refractivity contribution in [2.45, 2.75) is 6.42 Å². The highest BCUT2D eigenvalue weighted by Crippen LogP contribution is 2.17. The average molecular weight is 240 g/mol. The van der Waals surface area contributed by atoms with Crippen LogP contribution in [0.1, 0.15) is 15.9 Å². The molecule has 0 heterocycles. The third kappa shape index (κ3) is 2.42. The van der Waals surface area contributed by atoms with Crippen molar-refractivity contribution in [1.29, 1.82) is 0 Å². The number of primary amides is 1. The van der Waals surface area contributed by atoms with Crippen LogP contribution in [0.25, 0.3) is 0 Å². The summed E-state index contributed by atoms with van der Waals surface area (Å²) in [5, 5.41) is 0. The van der Waals surface area contributed by atoms with E-state index < -0.39 is 5.91 Å². The van der Waals surface area contributed by atoms with Crippen LogP contribution in [0.2, 0.25) is 0 Å². The molecule has 0 radical (unpaired) electrons. The number of nitrogens with two attached hydrogens (primary N) is 1. The van der Waals surface area contributed by atoms with Crippen molar-refractivity contribution in [2.24, 2.45) is 5.73 Å². The Morgan fingerprint density at radius 3 is 2.85 bits per heavy atom. The fraction of sp³-hybridized carbons (Fsp3) is 0.100. The zero-order chi connectivity index (χ0) is 9.84. The van der Waals surface area contributed by atoms with Crippen LogP contribution in [-0.4, -0.2) is 5.91 Å². The smallest absolute Gasteiger partial charge is 0.248 e. The minimum absolute atomic E-state index is 0.399. The lowest BCUT2D eigenvalue weighted by molar-refractivity contribution is 0.0999. The molecule has 0 saturated carbocycles. The van der Waals surface area contributed by atoms with Crippen LogP contribution in [0.15, 0.2) is 35.3 Å². The number of benzene rings is 1. The molecule has 0 aromatic heterocycles. The molecule has 1 aromatic rings. The summed E-state index contributed by atoms with van der Waals surface area (Å²) in [6, 6.07) is 5.39. The molecule has 1 aromatic carbocycles. The molecule has 13 heavy (non-hydrogen) atoms. The van der Waals surface area contributed by atoms with Crippen LogP contribution < -0.4 is 5.73 Å². The second-order valence-electron chi connectivity index (χ2n) is 2.66. The lowest BCUT2D eigenvalue weighted by Crippen LogP contribution is -2.13. The molecule has 0 atom stereocenters. The summed E-state index contributed by atoms with van der Waals surface area (Å²) in [7, 11) is 0. The zero-order valence-electron chi connectivity index (χ0n) is 7.09. The van der Waals surface area contributed by atoms with Gasteiger partial charge >= 0.3 is 0 Å². The highest BCUT2D eigenvalue weighted by molar-refractivity contribution is 9.10. The lowest BCUT2D eigenvalue weighted by Gasteiger charge is -2.04. The Morgan fingerprint density at radius 1 is 1.62 bits per heavy atom. The molecule has 0 aliphatic heterocycles. The predicted octanol–water partition coefficient (Wildman–Crippen LogP) is 2.28. The second-order valence-corrected chi connectivity index (χ2v) is 3.57. The molecule has 0 aliphatic rings. The third-order valence-electron chi connectivity index (χ3n) is 1.70. The Bertz CT molecular complexity index is 347. The van der Waals surface area contributed by atoms with E-state index in [2.05, 4.69) is 22.5 Å². The van der Waals surface area contributed by atoms with E-state index >= 15 is 0 Å². The van der Waals surface area contributed by atoms with E-state index in [-0.39, 0.29) is 0 Å². The fourth-order valence-corrected chi connectivity index (χ4v) is 1.54. The van der Waals surface area contributed by atoms with Crippen LogP contribution in [0.4, 0.5) is 0 Å². The molecular weight excluding hydrogens is 230 g/mol. The number of allylic oxidation sites excluding steroid dienone is 1. The van der Waals surface area contributed by atoms with Crippen LogP contribution in [-0.2, 0) is 6.42 Å². The molecule has 2 N–H and O–H groups in total. The molecule has 2 nitrogen and oxygen atoms in total. The summed E-state index contributed by atoms with van der Waals surface area (Å²) >= 11 is 3.33. The molecule has 0 spiro atoms.